The van der Waals surface area contributed by atoms with Crippen LogP contribution in [0.2, 0.25) is 13.1 Å². The van der Waals surface area contributed by atoms with Gasteiger partial charge in [0.2, 0.25) is 0 Å². The number of rotatable bonds is 5. The molecule has 0 radical (unpaired) electrons. The molecule has 0 bridgehead atoms. The fourth-order valence-electron chi connectivity index (χ4n) is 1.96. The Morgan fingerprint density at radius 1 is 1.00 bits per heavy atom. The van der Waals surface area contributed by atoms with Gasteiger partial charge in [-0.3, -0.25) is 0 Å². The van der Waals surface area contributed by atoms with Crippen molar-refractivity contribution in [3.05, 3.63) is 48.5 Å². The molecule has 3 nitrogen and oxygen atoms in total. The Morgan fingerprint density at radius 2 is 1.65 bits per heavy atom. The Balaban J connectivity index is 2.08. The number of benzene rings is 2. The van der Waals surface area contributed by atoms with Crippen molar-refractivity contribution in [3.8, 4) is 17.2 Å². The molecule has 0 amide bonds. The molecule has 2 aromatic rings. The van der Waals surface area contributed by atoms with Gasteiger partial charge >= 0.3 is 0 Å². The lowest BCUT2D eigenvalue weighted by Crippen LogP contribution is -2.47. The Morgan fingerprint density at radius 3 is 2.25 bits per heavy atom. The molecule has 0 aliphatic carbocycles. The average molecular weight is 288 g/mol. The minimum Gasteiger partial charge on any atom is -0.504 e. The molecular formula is C16H20O3Si. The average Bonchev–Trinajstić information content (AvgIpc) is 2.46. The van der Waals surface area contributed by atoms with Gasteiger partial charge in [-0.1, -0.05) is 42.5 Å². The molecule has 0 saturated heterocycles. The van der Waals surface area contributed by atoms with Crippen LogP contribution in [0.3, 0.4) is 0 Å². The number of ether oxygens (including phenoxy) is 2. The molecule has 2 rings (SSSR count). The molecule has 0 aliphatic heterocycles. The smallest absolute Gasteiger partial charge is 0.160 e. The third-order valence-electron chi connectivity index (χ3n) is 3.33. The molecule has 0 fully saturated rings. The van der Waals surface area contributed by atoms with Crippen molar-refractivity contribution < 1.29 is 14.6 Å². The predicted molar refractivity (Wildman–Crippen MR) is 83.7 cm³/mol. The van der Waals surface area contributed by atoms with E-state index in [2.05, 4.69) is 25.2 Å². The van der Waals surface area contributed by atoms with Crippen molar-refractivity contribution in [3.63, 3.8) is 0 Å². The molecule has 106 valence electrons. The maximum Gasteiger partial charge on any atom is 0.160 e. The number of hydrogen-bond donors (Lipinski definition) is 1. The highest BCUT2D eigenvalue weighted by molar-refractivity contribution is 6.89. The van der Waals surface area contributed by atoms with Gasteiger partial charge in [-0.25, -0.2) is 0 Å². The lowest BCUT2D eigenvalue weighted by atomic mass is 10.3. The monoisotopic (exact) mass is 288 g/mol. The Kier molecular flexibility index (Phi) is 4.34. The van der Waals surface area contributed by atoms with Gasteiger partial charge in [0.25, 0.3) is 0 Å². The molecule has 20 heavy (non-hydrogen) atoms. The van der Waals surface area contributed by atoms with Gasteiger partial charge in [0.15, 0.2) is 11.5 Å². The van der Waals surface area contributed by atoms with Crippen molar-refractivity contribution in [1.29, 1.82) is 0 Å². The fraction of sp³-hybridized carbons (Fsp3) is 0.250. The summed E-state index contributed by atoms with van der Waals surface area (Å²) < 4.78 is 11.0. The molecule has 0 atom stereocenters. The number of hydrogen-bond acceptors (Lipinski definition) is 3. The van der Waals surface area contributed by atoms with Crippen LogP contribution in [-0.2, 0) is 0 Å². The van der Waals surface area contributed by atoms with Crippen LogP contribution in [0.1, 0.15) is 0 Å². The summed E-state index contributed by atoms with van der Waals surface area (Å²) in [4.78, 5) is 0. The molecule has 4 heteroatoms. The summed E-state index contributed by atoms with van der Waals surface area (Å²) in [6.45, 7) is 4.49. The summed E-state index contributed by atoms with van der Waals surface area (Å²) >= 11 is 0. The van der Waals surface area contributed by atoms with E-state index in [-0.39, 0.29) is 5.75 Å². The first-order valence-electron chi connectivity index (χ1n) is 6.58. The van der Waals surface area contributed by atoms with E-state index < -0.39 is 8.07 Å². The van der Waals surface area contributed by atoms with Gasteiger partial charge in [-0.2, -0.15) is 0 Å². The third-order valence-corrected chi connectivity index (χ3v) is 6.09. The van der Waals surface area contributed by atoms with E-state index in [1.54, 1.807) is 25.3 Å². The Hall–Kier alpha value is -1.94. The molecule has 0 heterocycles. The Bertz CT molecular complexity index is 564. The standard InChI is InChI=1S/C16H20O3Si/c1-18-13-8-10-14(11-9-13)20(2,3)12-19-16-7-5-4-6-15(16)17/h4-11,17H,12H2,1-3H3. The molecule has 0 saturated carbocycles. The molecular weight excluding hydrogens is 268 g/mol. The number of methoxy groups -OCH3 is 1. The second-order valence-electron chi connectivity index (χ2n) is 5.37. The van der Waals surface area contributed by atoms with Crippen LogP contribution in [0, 0.1) is 0 Å². The van der Waals surface area contributed by atoms with E-state index in [1.165, 1.54) is 5.19 Å². The van der Waals surface area contributed by atoms with Crippen molar-refractivity contribution in [2.45, 2.75) is 13.1 Å². The molecule has 1 N–H and O–H groups in total. The lowest BCUT2D eigenvalue weighted by molar-refractivity contribution is 0.348. The second-order valence-corrected chi connectivity index (χ2v) is 10.0. The molecule has 0 aromatic heterocycles. The molecule has 0 unspecified atom stereocenters. The first-order chi connectivity index (χ1) is 9.53. The van der Waals surface area contributed by atoms with Gasteiger partial charge < -0.3 is 14.6 Å². The normalized spacial score (nSPS) is 11.2. The summed E-state index contributed by atoms with van der Waals surface area (Å²) in [7, 11) is -0.0442. The highest BCUT2D eigenvalue weighted by atomic mass is 28.3. The quantitative estimate of drug-likeness (QED) is 0.860. The van der Waals surface area contributed by atoms with Gasteiger partial charge in [0, 0.05) is 0 Å². The van der Waals surface area contributed by atoms with E-state index in [1.807, 2.05) is 18.2 Å². The second kappa shape index (κ2) is 6.01. The van der Waals surface area contributed by atoms with Crippen LogP contribution >= 0.6 is 0 Å². The zero-order chi connectivity index (χ0) is 14.6. The Labute approximate surface area is 120 Å². The lowest BCUT2D eigenvalue weighted by Gasteiger charge is -2.23. The zero-order valence-electron chi connectivity index (χ0n) is 12.1. The van der Waals surface area contributed by atoms with E-state index in [9.17, 15) is 5.11 Å². The SMILES string of the molecule is COc1ccc([Si](C)(C)COc2ccccc2O)cc1. The third kappa shape index (κ3) is 3.33. The van der Waals surface area contributed by atoms with Crippen LogP contribution in [0.25, 0.3) is 0 Å². The van der Waals surface area contributed by atoms with Gasteiger partial charge in [0.1, 0.15) is 13.8 Å². The van der Waals surface area contributed by atoms with Crippen molar-refractivity contribution in [2.24, 2.45) is 0 Å². The number of para-hydroxylation sites is 2. The van der Waals surface area contributed by atoms with Gasteiger partial charge in [0.05, 0.1) is 13.3 Å². The first-order valence-corrected chi connectivity index (χ1v) is 9.79. The van der Waals surface area contributed by atoms with Crippen LogP contribution in [0.4, 0.5) is 0 Å². The van der Waals surface area contributed by atoms with Gasteiger partial charge in [-0.05, 0) is 24.3 Å². The topological polar surface area (TPSA) is 38.7 Å². The molecule has 0 spiro atoms. The van der Waals surface area contributed by atoms with Crippen LogP contribution in [0.15, 0.2) is 48.5 Å². The van der Waals surface area contributed by atoms with E-state index in [4.69, 9.17) is 9.47 Å². The van der Waals surface area contributed by atoms with Crippen LogP contribution in [-0.4, -0.2) is 26.5 Å². The van der Waals surface area contributed by atoms with Gasteiger partial charge in [-0.15, -0.1) is 0 Å². The van der Waals surface area contributed by atoms with Crippen LogP contribution < -0.4 is 14.7 Å². The fourth-order valence-corrected chi connectivity index (χ4v) is 3.71. The summed E-state index contributed by atoms with van der Waals surface area (Å²) in [6.07, 6.45) is 0.622. The summed E-state index contributed by atoms with van der Waals surface area (Å²) in [5, 5.41) is 11.0. The van der Waals surface area contributed by atoms with E-state index in [0.29, 0.717) is 12.0 Å². The highest BCUT2D eigenvalue weighted by Crippen LogP contribution is 2.25. The predicted octanol–water partition coefficient (Wildman–Crippen LogP) is 2.93. The number of phenols is 1. The summed E-state index contributed by atoms with van der Waals surface area (Å²) in [5.74, 6) is 1.59. The maximum absolute atomic E-state index is 9.72. The van der Waals surface area contributed by atoms with E-state index in [0.717, 1.165) is 5.75 Å². The van der Waals surface area contributed by atoms with Crippen molar-refractivity contribution in [2.75, 3.05) is 13.3 Å². The minimum atomic E-state index is -1.71. The zero-order valence-corrected chi connectivity index (χ0v) is 13.1. The number of phenolic OH excluding ortho intramolecular Hbond substituents is 1. The first kappa shape index (κ1) is 14.5. The van der Waals surface area contributed by atoms with E-state index >= 15 is 0 Å². The summed E-state index contributed by atoms with van der Waals surface area (Å²) in [5.41, 5.74) is 0. The highest BCUT2D eigenvalue weighted by Gasteiger charge is 2.25. The number of aromatic hydroxyl groups is 1. The van der Waals surface area contributed by atoms with Crippen LogP contribution in [0.5, 0.6) is 17.2 Å². The minimum absolute atomic E-state index is 0.187. The van der Waals surface area contributed by atoms with Crippen molar-refractivity contribution in [1.82, 2.24) is 0 Å². The largest absolute Gasteiger partial charge is 0.504 e. The summed E-state index contributed by atoms with van der Waals surface area (Å²) in [6, 6.07) is 15.2. The molecule has 0 aliphatic rings. The molecule has 2 aromatic carbocycles. The van der Waals surface area contributed by atoms with Crippen molar-refractivity contribution >= 4 is 13.3 Å². The maximum atomic E-state index is 9.72.